The number of hydrogen-bond acceptors (Lipinski definition) is 3. The molecule has 0 aromatic heterocycles. The van der Waals surface area contributed by atoms with Crippen molar-refractivity contribution < 1.29 is 9.31 Å². The molecule has 1 N–H and O–H groups in total. The van der Waals surface area contributed by atoms with Crippen LogP contribution >= 0.6 is 23.2 Å². The summed E-state index contributed by atoms with van der Waals surface area (Å²) in [6.45, 7) is 0.230. The van der Waals surface area contributed by atoms with Gasteiger partial charge in [0.25, 0.3) is 5.69 Å². The van der Waals surface area contributed by atoms with E-state index in [9.17, 15) is 14.5 Å². The average molecular weight is 315 g/mol. The van der Waals surface area contributed by atoms with Crippen LogP contribution in [0.25, 0.3) is 0 Å². The zero-order valence-electron chi connectivity index (χ0n) is 10.1. The molecule has 20 heavy (non-hydrogen) atoms. The van der Waals surface area contributed by atoms with E-state index in [1.165, 1.54) is 36.4 Å². The molecule has 0 heterocycles. The highest BCUT2D eigenvalue weighted by molar-refractivity contribution is 6.31. The summed E-state index contributed by atoms with van der Waals surface area (Å²) in [5.74, 6) is -0.438. The van der Waals surface area contributed by atoms with Gasteiger partial charge in [-0.05, 0) is 29.8 Å². The topological polar surface area (TPSA) is 55.2 Å². The van der Waals surface area contributed by atoms with Crippen LogP contribution in [0, 0.1) is 15.9 Å². The molecule has 2 rings (SSSR count). The molecular weight excluding hydrogens is 306 g/mol. The van der Waals surface area contributed by atoms with Crippen molar-refractivity contribution in [3.05, 3.63) is 67.9 Å². The number of nitrogens with one attached hydrogen (secondary N) is 1. The van der Waals surface area contributed by atoms with Gasteiger partial charge in [0, 0.05) is 23.7 Å². The van der Waals surface area contributed by atoms with Crippen LogP contribution in [0.5, 0.6) is 0 Å². The maximum absolute atomic E-state index is 13.5. The molecule has 2 aromatic rings. The summed E-state index contributed by atoms with van der Waals surface area (Å²) in [4.78, 5) is 10.1. The van der Waals surface area contributed by atoms with Crippen LogP contribution in [0.1, 0.15) is 5.56 Å². The Morgan fingerprint density at radius 2 is 1.95 bits per heavy atom. The molecule has 0 amide bonds. The fourth-order valence-electron chi connectivity index (χ4n) is 1.62. The van der Waals surface area contributed by atoms with Crippen molar-refractivity contribution in [1.29, 1.82) is 0 Å². The Hall–Kier alpha value is -1.85. The van der Waals surface area contributed by atoms with E-state index < -0.39 is 10.7 Å². The van der Waals surface area contributed by atoms with Crippen molar-refractivity contribution in [3.8, 4) is 0 Å². The van der Waals surface area contributed by atoms with Gasteiger partial charge in [0.1, 0.15) is 5.82 Å². The first kappa shape index (κ1) is 14.6. The lowest BCUT2D eigenvalue weighted by molar-refractivity contribution is -0.384. The van der Waals surface area contributed by atoms with Gasteiger partial charge in [0.15, 0.2) is 0 Å². The van der Waals surface area contributed by atoms with Gasteiger partial charge in [0.05, 0.1) is 15.6 Å². The predicted octanol–water partition coefficient (Wildman–Crippen LogP) is 4.65. The fourth-order valence-corrected chi connectivity index (χ4v) is 2.03. The molecular formula is C13H9Cl2FN2O2. The third kappa shape index (κ3) is 3.37. The Bertz CT molecular complexity index is 665. The maximum atomic E-state index is 13.5. The standard InChI is InChI=1S/C13H9Cl2FN2O2/c14-9-2-4-12(16)13(5-9)17-7-8-1-3-10(18(19)20)6-11(8)15/h1-6,17H,7H2. The summed E-state index contributed by atoms with van der Waals surface area (Å²) in [5.41, 5.74) is 0.774. The lowest BCUT2D eigenvalue weighted by Crippen LogP contribution is -2.02. The number of non-ortho nitro benzene ring substituents is 1. The SMILES string of the molecule is O=[N+]([O-])c1ccc(CNc2cc(Cl)ccc2F)c(Cl)c1. The molecule has 0 saturated carbocycles. The number of nitro benzene ring substituents is 1. The molecule has 0 spiro atoms. The van der Waals surface area contributed by atoms with E-state index in [1.54, 1.807) is 0 Å². The zero-order valence-corrected chi connectivity index (χ0v) is 11.6. The Morgan fingerprint density at radius 1 is 1.20 bits per heavy atom. The van der Waals surface area contributed by atoms with Gasteiger partial charge in [-0.15, -0.1) is 0 Å². The molecule has 0 aliphatic heterocycles. The van der Waals surface area contributed by atoms with Crippen LogP contribution in [0.4, 0.5) is 15.8 Å². The number of anilines is 1. The Morgan fingerprint density at radius 3 is 2.60 bits per heavy atom. The maximum Gasteiger partial charge on any atom is 0.270 e. The van der Waals surface area contributed by atoms with E-state index in [2.05, 4.69) is 5.32 Å². The van der Waals surface area contributed by atoms with Crippen molar-refractivity contribution in [2.75, 3.05) is 5.32 Å². The predicted molar refractivity (Wildman–Crippen MR) is 76.8 cm³/mol. The molecule has 0 aliphatic carbocycles. The summed E-state index contributed by atoms with van der Waals surface area (Å²) in [6, 6.07) is 8.28. The van der Waals surface area contributed by atoms with Crippen molar-refractivity contribution in [2.45, 2.75) is 6.54 Å². The zero-order chi connectivity index (χ0) is 14.7. The van der Waals surface area contributed by atoms with Crippen LogP contribution in [0.15, 0.2) is 36.4 Å². The van der Waals surface area contributed by atoms with Crippen molar-refractivity contribution in [2.24, 2.45) is 0 Å². The number of benzene rings is 2. The van der Waals surface area contributed by atoms with Gasteiger partial charge in [-0.2, -0.15) is 0 Å². The van der Waals surface area contributed by atoms with Crippen LogP contribution in [0.2, 0.25) is 10.0 Å². The lowest BCUT2D eigenvalue weighted by atomic mass is 10.2. The van der Waals surface area contributed by atoms with Crippen molar-refractivity contribution in [1.82, 2.24) is 0 Å². The van der Waals surface area contributed by atoms with Crippen LogP contribution < -0.4 is 5.32 Å². The smallest absolute Gasteiger partial charge is 0.270 e. The largest absolute Gasteiger partial charge is 0.379 e. The Balaban J connectivity index is 2.15. The number of nitro groups is 1. The Kier molecular flexibility index (Phi) is 4.42. The highest BCUT2D eigenvalue weighted by Gasteiger charge is 2.10. The molecule has 2 aromatic carbocycles. The van der Waals surface area contributed by atoms with Gasteiger partial charge in [-0.3, -0.25) is 10.1 Å². The van der Waals surface area contributed by atoms with E-state index in [1.807, 2.05) is 0 Å². The minimum Gasteiger partial charge on any atom is -0.379 e. The first-order valence-electron chi connectivity index (χ1n) is 5.59. The number of hydrogen-bond donors (Lipinski definition) is 1. The molecule has 0 atom stereocenters. The number of halogens is 3. The highest BCUT2D eigenvalue weighted by Crippen LogP contribution is 2.25. The van der Waals surface area contributed by atoms with E-state index in [0.29, 0.717) is 10.6 Å². The fraction of sp³-hybridized carbons (Fsp3) is 0.0769. The number of nitrogens with zero attached hydrogens (tertiary/aromatic N) is 1. The summed E-state index contributed by atoms with van der Waals surface area (Å²) >= 11 is 11.7. The second kappa shape index (κ2) is 6.07. The molecule has 4 nitrogen and oxygen atoms in total. The van der Waals surface area contributed by atoms with Gasteiger partial charge in [0.2, 0.25) is 0 Å². The van der Waals surface area contributed by atoms with Gasteiger partial charge in [-0.25, -0.2) is 4.39 Å². The molecule has 0 radical (unpaired) electrons. The van der Waals surface area contributed by atoms with E-state index in [-0.39, 0.29) is 22.9 Å². The van der Waals surface area contributed by atoms with Crippen LogP contribution in [0.3, 0.4) is 0 Å². The summed E-state index contributed by atoms with van der Waals surface area (Å²) in [6.07, 6.45) is 0. The summed E-state index contributed by atoms with van der Waals surface area (Å²) < 4.78 is 13.5. The molecule has 7 heteroatoms. The minimum atomic E-state index is -0.528. The molecule has 0 fully saturated rings. The highest BCUT2D eigenvalue weighted by atomic mass is 35.5. The summed E-state index contributed by atoms with van der Waals surface area (Å²) in [5, 5.41) is 14.1. The van der Waals surface area contributed by atoms with E-state index >= 15 is 0 Å². The first-order valence-corrected chi connectivity index (χ1v) is 6.34. The summed E-state index contributed by atoms with van der Waals surface area (Å²) in [7, 11) is 0. The first-order chi connectivity index (χ1) is 9.47. The average Bonchev–Trinajstić information content (AvgIpc) is 2.40. The molecule has 0 saturated heterocycles. The third-order valence-corrected chi connectivity index (χ3v) is 3.23. The second-order valence-corrected chi connectivity index (χ2v) is 4.85. The molecule has 0 aliphatic rings. The molecule has 0 bridgehead atoms. The van der Waals surface area contributed by atoms with Crippen molar-refractivity contribution in [3.63, 3.8) is 0 Å². The van der Waals surface area contributed by atoms with Crippen molar-refractivity contribution >= 4 is 34.6 Å². The normalized spacial score (nSPS) is 10.3. The Labute approximate surface area is 124 Å². The molecule has 104 valence electrons. The quantitative estimate of drug-likeness (QED) is 0.660. The van der Waals surface area contributed by atoms with Gasteiger partial charge >= 0.3 is 0 Å². The number of rotatable bonds is 4. The monoisotopic (exact) mass is 314 g/mol. The van der Waals surface area contributed by atoms with Gasteiger partial charge < -0.3 is 5.32 Å². The van der Waals surface area contributed by atoms with Crippen LogP contribution in [-0.2, 0) is 6.54 Å². The van der Waals surface area contributed by atoms with E-state index in [0.717, 1.165) is 0 Å². The second-order valence-electron chi connectivity index (χ2n) is 4.01. The van der Waals surface area contributed by atoms with Crippen LogP contribution in [-0.4, -0.2) is 4.92 Å². The van der Waals surface area contributed by atoms with Gasteiger partial charge in [-0.1, -0.05) is 23.2 Å². The lowest BCUT2D eigenvalue weighted by Gasteiger charge is -2.09. The minimum absolute atomic E-state index is 0.0901. The molecule has 0 unspecified atom stereocenters. The third-order valence-electron chi connectivity index (χ3n) is 2.65. The van der Waals surface area contributed by atoms with E-state index in [4.69, 9.17) is 23.2 Å².